The Morgan fingerprint density at radius 2 is 1.74 bits per heavy atom. The number of fused-ring (bicyclic) bond motifs is 1. The van der Waals surface area contributed by atoms with Crippen LogP contribution in [0.15, 0.2) is 53.6 Å². The van der Waals surface area contributed by atoms with E-state index in [9.17, 15) is 4.79 Å². The van der Waals surface area contributed by atoms with E-state index in [4.69, 9.17) is 0 Å². The fourth-order valence-corrected chi connectivity index (χ4v) is 3.15. The average molecular weight is 309 g/mol. The molecule has 2 aromatic heterocycles. The number of imidazole rings is 1. The van der Waals surface area contributed by atoms with Crippen molar-refractivity contribution in [2.24, 2.45) is 0 Å². The quantitative estimate of drug-likeness (QED) is 0.797. The zero-order valence-corrected chi connectivity index (χ0v) is 12.9. The molecule has 1 N–H and O–H groups in total. The maximum atomic E-state index is 12.2. The zero-order valence-electron chi connectivity index (χ0n) is 12.9. The van der Waals surface area contributed by atoms with Gasteiger partial charge in [-0.15, -0.1) is 0 Å². The highest BCUT2D eigenvalue weighted by Crippen LogP contribution is 2.16. The lowest BCUT2D eigenvalue weighted by Gasteiger charge is -2.36. The van der Waals surface area contributed by atoms with Gasteiger partial charge in [0.05, 0.1) is 17.7 Å². The van der Waals surface area contributed by atoms with Crippen LogP contribution >= 0.6 is 0 Å². The van der Waals surface area contributed by atoms with Crippen molar-refractivity contribution < 1.29 is 0 Å². The molecule has 1 aliphatic rings. The molecule has 3 aromatic rings. The van der Waals surface area contributed by atoms with Gasteiger partial charge in [0.15, 0.2) is 0 Å². The second kappa shape index (κ2) is 5.89. The molecule has 0 amide bonds. The SMILES string of the molecule is O=c1[nH]c2ccccc2n1CN1CCN(c2ccncc2)CC1. The lowest BCUT2D eigenvalue weighted by Crippen LogP contribution is -2.47. The van der Waals surface area contributed by atoms with Gasteiger partial charge >= 0.3 is 5.69 Å². The predicted molar refractivity (Wildman–Crippen MR) is 90.6 cm³/mol. The maximum absolute atomic E-state index is 12.2. The van der Waals surface area contributed by atoms with Crippen LogP contribution in [0.5, 0.6) is 0 Å². The molecule has 0 saturated carbocycles. The summed E-state index contributed by atoms with van der Waals surface area (Å²) in [5, 5.41) is 0. The van der Waals surface area contributed by atoms with Crippen LogP contribution in [0, 0.1) is 0 Å². The highest BCUT2D eigenvalue weighted by atomic mass is 16.1. The molecule has 6 heteroatoms. The van der Waals surface area contributed by atoms with Crippen LogP contribution in [0.1, 0.15) is 0 Å². The summed E-state index contributed by atoms with van der Waals surface area (Å²) in [4.78, 5) is 23.8. The number of anilines is 1. The molecule has 4 rings (SSSR count). The molecule has 1 aromatic carbocycles. The molecule has 0 bridgehead atoms. The van der Waals surface area contributed by atoms with Gasteiger partial charge in [0.25, 0.3) is 0 Å². The molecule has 23 heavy (non-hydrogen) atoms. The normalized spacial score (nSPS) is 16.1. The van der Waals surface area contributed by atoms with Crippen molar-refractivity contribution in [3.63, 3.8) is 0 Å². The number of para-hydroxylation sites is 2. The topological polar surface area (TPSA) is 57.2 Å². The zero-order chi connectivity index (χ0) is 15.6. The minimum Gasteiger partial charge on any atom is -0.369 e. The van der Waals surface area contributed by atoms with Gasteiger partial charge in [0, 0.05) is 44.3 Å². The van der Waals surface area contributed by atoms with Crippen molar-refractivity contribution in [1.82, 2.24) is 19.4 Å². The van der Waals surface area contributed by atoms with Crippen molar-refractivity contribution in [2.75, 3.05) is 31.1 Å². The molecule has 0 spiro atoms. The van der Waals surface area contributed by atoms with Crippen LogP contribution < -0.4 is 10.6 Å². The van der Waals surface area contributed by atoms with Gasteiger partial charge in [-0.05, 0) is 24.3 Å². The summed E-state index contributed by atoms with van der Waals surface area (Å²) < 4.78 is 1.82. The van der Waals surface area contributed by atoms with Crippen LogP contribution in [-0.4, -0.2) is 45.6 Å². The molecule has 1 aliphatic heterocycles. The average Bonchev–Trinajstić information content (AvgIpc) is 2.92. The number of aromatic nitrogens is 3. The van der Waals surface area contributed by atoms with Gasteiger partial charge in [0.1, 0.15) is 0 Å². The van der Waals surface area contributed by atoms with E-state index in [1.807, 2.05) is 53.4 Å². The van der Waals surface area contributed by atoms with Gasteiger partial charge in [-0.2, -0.15) is 0 Å². The summed E-state index contributed by atoms with van der Waals surface area (Å²) in [5.74, 6) is 0. The molecule has 0 radical (unpaired) electrons. The van der Waals surface area contributed by atoms with Gasteiger partial charge in [-0.1, -0.05) is 12.1 Å². The molecule has 118 valence electrons. The molecular formula is C17H19N5O. The monoisotopic (exact) mass is 309 g/mol. The van der Waals surface area contributed by atoms with Crippen LogP contribution in [0.3, 0.4) is 0 Å². The van der Waals surface area contributed by atoms with Gasteiger partial charge in [-0.3, -0.25) is 14.5 Å². The number of pyridine rings is 1. The second-order valence-corrected chi connectivity index (χ2v) is 5.83. The summed E-state index contributed by atoms with van der Waals surface area (Å²) in [6.07, 6.45) is 3.65. The fourth-order valence-electron chi connectivity index (χ4n) is 3.15. The number of benzene rings is 1. The van der Waals surface area contributed by atoms with Crippen molar-refractivity contribution in [3.05, 3.63) is 59.3 Å². The Morgan fingerprint density at radius 3 is 2.52 bits per heavy atom. The van der Waals surface area contributed by atoms with E-state index in [0.29, 0.717) is 6.67 Å². The molecule has 0 aliphatic carbocycles. The third-order valence-electron chi connectivity index (χ3n) is 4.42. The Hall–Kier alpha value is -2.60. The first kappa shape index (κ1) is 14.0. The van der Waals surface area contributed by atoms with E-state index < -0.39 is 0 Å². The second-order valence-electron chi connectivity index (χ2n) is 5.83. The summed E-state index contributed by atoms with van der Waals surface area (Å²) in [6, 6.07) is 11.9. The highest BCUT2D eigenvalue weighted by Gasteiger charge is 2.18. The molecular weight excluding hydrogens is 290 g/mol. The number of H-pyrrole nitrogens is 1. The molecule has 3 heterocycles. The van der Waals surface area contributed by atoms with Crippen molar-refractivity contribution in [1.29, 1.82) is 0 Å². The molecule has 0 unspecified atom stereocenters. The number of nitrogens with zero attached hydrogens (tertiary/aromatic N) is 4. The number of hydrogen-bond acceptors (Lipinski definition) is 4. The van der Waals surface area contributed by atoms with Crippen molar-refractivity contribution in [3.8, 4) is 0 Å². The van der Waals surface area contributed by atoms with E-state index in [2.05, 4.69) is 19.8 Å². The molecule has 0 atom stereocenters. The number of aromatic amines is 1. The first-order chi connectivity index (χ1) is 11.3. The smallest absolute Gasteiger partial charge is 0.327 e. The first-order valence-corrected chi connectivity index (χ1v) is 7.86. The standard InChI is InChI=1S/C17H19N5O/c23-17-19-15-3-1-2-4-16(15)22(17)13-20-9-11-21(12-10-20)14-5-7-18-8-6-14/h1-8H,9-13H2,(H,19,23). The third-order valence-corrected chi connectivity index (χ3v) is 4.42. The van der Waals surface area contributed by atoms with E-state index in [-0.39, 0.29) is 5.69 Å². The Labute approximate surface area is 134 Å². The van der Waals surface area contributed by atoms with Crippen LogP contribution in [0.25, 0.3) is 11.0 Å². The van der Waals surface area contributed by atoms with E-state index in [0.717, 1.165) is 37.2 Å². The third kappa shape index (κ3) is 2.73. The van der Waals surface area contributed by atoms with Gasteiger partial charge in [-0.25, -0.2) is 4.79 Å². The summed E-state index contributed by atoms with van der Waals surface area (Å²) in [7, 11) is 0. The molecule has 1 fully saturated rings. The minimum absolute atomic E-state index is 0.0391. The van der Waals surface area contributed by atoms with E-state index in [1.165, 1.54) is 5.69 Å². The van der Waals surface area contributed by atoms with E-state index >= 15 is 0 Å². The van der Waals surface area contributed by atoms with Gasteiger partial charge in [0.2, 0.25) is 0 Å². The fraction of sp³-hybridized carbons (Fsp3) is 0.294. The largest absolute Gasteiger partial charge is 0.369 e. The lowest BCUT2D eigenvalue weighted by molar-refractivity contribution is 0.206. The Morgan fingerprint density at radius 1 is 1.00 bits per heavy atom. The predicted octanol–water partition coefficient (Wildman–Crippen LogP) is 1.50. The van der Waals surface area contributed by atoms with Crippen LogP contribution in [-0.2, 0) is 6.67 Å². The number of nitrogens with one attached hydrogen (secondary N) is 1. The Bertz CT molecular complexity index is 846. The Kier molecular flexibility index (Phi) is 3.59. The highest BCUT2D eigenvalue weighted by molar-refractivity contribution is 5.74. The summed E-state index contributed by atoms with van der Waals surface area (Å²) >= 11 is 0. The Balaban J connectivity index is 1.47. The number of hydrogen-bond donors (Lipinski definition) is 1. The van der Waals surface area contributed by atoms with Crippen molar-refractivity contribution >= 4 is 16.7 Å². The van der Waals surface area contributed by atoms with Crippen molar-refractivity contribution in [2.45, 2.75) is 6.67 Å². The lowest BCUT2D eigenvalue weighted by atomic mass is 10.3. The number of piperazine rings is 1. The van der Waals surface area contributed by atoms with Gasteiger partial charge < -0.3 is 9.88 Å². The minimum atomic E-state index is -0.0391. The van der Waals surface area contributed by atoms with E-state index in [1.54, 1.807) is 0 Å². The summed E-state index contributed by atoms with van der Waals surface area (Å²) in [6.45, 7) is 4.43. The number of rotatable bonds is 3. The maximum Gasteiger partial charge on any atom is 0.327 e. The molecule has 1 saturated heterocycles. The van der Waals surface area contributed by atoms with Crippen LogP contribution in [0.2, 0.25) is 0 Å². The van der Waals surface area contributed by atoms with Crippen LogP contribution in [0.4, 0.5) is 5.69 Å². The molecule has 6 nitrogen and oxygen atoms in total. The summed E-state index contributed by atoms with van der Waals surface area (Å²) in [5.41, 5.74) is 3.04. The first-order valence-electron chi connectivity index (χ1n) is 7.86.